The largest absolute Gasteiger partial charge is 2.00 e. The predicted octanol–water partition coefficient (Wildman–Crippen LogP) is 21.2. The van der Waals surface area contributed by atoms with E-state index >= 15 is 0 Å². The Labute approximate surface area is 820 Å². The van der Waals surface area contributed by atoms with Gasteiger partial charge in [-0.05, 0) is 106 Å². The van der Waals surface area contributed by atoms with Crippen LogP contribution < -0.4 is 9.80 Å². The number of ketones is 1. The van der Waals surface area contributed by atoms with Crippen molar-refractivity contribution in [1.29, 1.82) is 5.26 Å². The van der Waals surface area contributed by atoms with Crippen molar-refractivity contribution in [3.63, 3.8) is 0 Å². The van der Waals surface area contributed by atoms with Crippen LogP contribution in [0.5, 0.6) is 0 Å². The van der Waals surface area contributed by atoms with E-state index in [9.17, 15) is 27.2 Å². The molecule has 0 amide bonds. The fourth-order valence-corrected chi connectivity index (χ4v) is 12.6. The van der Waals surface area contributed by atoms with Crippen molar-refractivity contribution < 1.29 is 143 Å². The van der Waals surface area contributed by atoms with Gasteiger partial charge in [-0.3, -0.25) is 37.3 Å². The summed E-state index contributed by atoms with van der Waals surface area (Å²) in [5, 5.41) is 32.1. The molecule has 130 heavy (non-hydrogen) atoms. The molecule has 0 aliphatic carbocycles. The monoisotopic (exact) mass is 2620 g/mol. The number of hydrogen-bond donors (Lipinski definition) is 2. The second kappa shape index (κ2) is 51.0. The zero-order valence-corrected chi connectivity index (χ0v) is 80.4. The SMILES string of the molecule is CC(=O)C=C(C)O.CN1C=C2C=Cc3ccc[c-]c3N2[CH-]1.CN1C=C2C=Cc3ccc[c-]c3N2[CH-]1.Fc1c[c-]c(-c2ccccn2)c(F)c1.Fc1c[c-]c(-c2ccccn2)cc1.N#Cc1cc(-c2ccccn2)[c-]cc1F.O=C(O)c1ccccn1.[Pt+2].[Pt+2].[Pt+2].[Pt+2].[Pt+2].[c-]1cccc2ccn3ccnc3c12.[c-]1cccc2ccn3ccnc3c12.[c-]1cccc2ccn3ccnc3c12. The number of carboxylic acids is 1. The normalized spacial score (nSPS) is 11.6. The summed E-state index contributed by atoms with van der Waals surface area (Å²) >= 11 is 0. The summed E-state index contributed by atoms with van der Waals surface area (Å²) in [7, 11) is 4.06. The van der Waals surface area contributed by atoms with Gasteiger partial charge in [-0.2, -0.15) is 67.1 Å². The number of benzene rings is 8. The van der Waals surface area contributed by atoms with Crippen LogP contribution in [-0.2, 0) is 110 Å². The van der Waals surface area contributed by atoms with Crippen LogP contribution in [0.1, 0.15) is 41.0 Å². The molecule has 22 rings (SSSR count). The molecule has 8 aromatic carbocycles. The van der Waals surface area contributed by atoms with E-state index in [-0.39, 0.29) is 140 Å². The third-order valence-electron chi connectivity index (χ3n) is 18.2. The molecule has 0 bridgehead atoms. The Bertz CT molecular complexity index is 6610. The molecule has 4 aliphatic rings. The summed E-state index contributed by atoms with van der Waals surface area (Å²) in [6.45, 7) is 6.98. The van der Waals surface area contributed by atoms with Crippen molar-refractivity contribution in [2.75, 3.05) is 23.9 Å². The molecule has 10 aromatic heterocycles. The summed E-state index contributed by atoms with van der Waals surface area (Å²) in [6.07, 6.45) is 37.5. The molecule has 2 N–H and O–H groups in total. The Morgan fingerprint density at radius 2 is 0.838 bits per heavy atom. The number of carbonyl (C=O) groups is 2. The number of carboxylic acid groups (broad SMARTS) is 1. The van der Waals surface area contributed by atoms with Crippen molar-refractivity contribution in [3.8, 4) is 39.8 Å². The smallest absolute Gasteiger partial charge is 0.512 e. The Hall–Kier alpha value is -13.3. The molecule has 658 valence electrons. The maximum Gasteiger partial charge on any atom is 2.00 e. The number of nitriles is 1. The fourth-order valence-electron chi connectivity index (χ4n) is 12.6. The molecular formula is C102H73F4N15O4Pt5. The van der Waals surface area contributed by atoms with Gasteiger partial charge < -0.3 is 58.0 Å². The summed E-state index contributed by atoms with van der Waals surface area (Å²) < 4.78 is 57.4. The van der Waals surface area contributed by atoms with Gasteiger partial charge in [-0.1, -0.05) is 95.8 Å². The molecule has 0 radical (unpaired) electrons. The number of rotatable bonds is 5. The molecule has 0 unspecified atom stereocenters. The van der Waals surface area contributed by atoms with Crippen LogP contribution in [0.25, 0.3) is 95.2 Å². The number of fused-ring (bicyclic) bond motifs is 15. The number of aliphatic hydroxyl groups is 1. The average Bonchev–Trinajstić information content (AvgIpc) is 1.65. The van der Waals surface area contributed by atoms with Crippen molar-refractivity contribution in [2.24, 2.45) is 0 Å². The quantitative estimate of drug-likeness (QED) is 0.0709. The van der Waals surface area contributed by atoms with Gasteiger partial charge in [0.2, 0.25) is 0 Å². The molecular weight excluding hydrogens is 2550 g/mol. The first-order valence-electron chi connectivity index (χ1n) is 38.5. The van der Waals surface area contributed by atoms with Gasteiger partial charge in [-0.15, -0.1) is 194 Å². The number of allylic oxidation sites excluding steroid dienone is 4. The van der Waals surface area contributed by atoms with Crippen LogP contribution in [0, 0.1) is 96.5 Å². The first-order valence-corrected chi connectivity index (χ1v) is 38.5. The number of hydrogen-bond acceptors (Lipinski definition) is 15. The van der Waals surface area contributed by atoms with Crippen LogP contribution in [0.3, 0.4) is 0 Å². The molecule has 0 saturated carbocycles. The molecule has 19 nitrogen and oxygen atoms in total. The number of anilines is 2. The topological polar surface area (TPSA) is 215 Å². The number of halogens is 4. The molecule has 0 spiro atoms. The van der Waals surface area contributed by atoms with Crippen molar-refractivity contribution in [3.05, 3.63) is 460 Å². The van der Waals surface area contributed by atoms with E-state index in [1.165, 1.54) is 89.1 Å². The van der Waals surface area contributed by atoms with Gasteiger partial charge in [0.25, 0.3) is 0 Å². The number of aromatic carboxylic acids is 1. The van der Waals surface area contributed by atoms with Crippen molar-refractivity contribution in [1.82, 2.24) is 57.9 Å². The van der Waals surface area contributed by atoms with Gasteiger partial charge in [0, 0.05) is 102 Å². The third kappa shape index (κ3) is 27.9. The Balaban J connectivity index is 0.000000178. The Morgan fingerprint density at radius 3 is 1.22 bits per heavy atom. The van der Waals surface area contributed by atoms with Crippen molar-refractivity contribution in [2.45, 2.75) is 13.8 Å². The van der Waals surface area contributed by atoms with E-state index in [0.717, 1.165) is 73.9 Å². The number of pyridine rings is 7. The minimum atomic E-state index is -0.990. The minimum absolute atomic E-state index is 0. The van der Waals surface area contributed by atoms with Crippen LogP contribution in [0.4, 0.5) is 28.9 Å². The Kier molecular flexibility index (Phi) is 40.1. The molecule has 14 heterocycles. The molecule has 18 aromatic rings. The van der Waals surface area contributed by atoms with Crippen LogP contribution in [-0.4, -0.2) is 94.0 Å². The van der Waals surface area contributed by atoms with Crippen molar-refractivity contribution >= 4 is 84.5 Å². The number of aliphatic hydroxyl groups excluding tert-OH is 1. The number of nitrogens with zero attached hydrogens (tertiary/aromatic N) is 15. The minimum Gasteiger partial charge on any atom is -0.512 e. The van der Waals surface area contributed by atoms with Crippen LogP contribution in [0.2, 0.25) is 0 Å². The Morgan fingerprint density at radius 1 is 0.415 bits per heavy atom. The number of carbonyl (C=O) groups excluding carboxylic acids is 1. The average molecular weight is 2620 g/mol. The first kappa shape index (κ1) is 102. The van der Waals surface area contributed by atoms with Gasteiger partial charge in [0.15, 0.2) is 5.78 Å². The van der Waals surface area contributed by atoms with Gasteiger partial charge in [-0.25, -0.2) is 9.78 Å². The van der Waals surface area contributed by atoms with E-state index in [1.54, 1.807) is 91.8 Å². The number of aromatic nitrogens is 10. The zero-order chi connectivity index (χ0) is 87.4. The maximum atomic E-state index is 13.2. The molecule has 0 atom stereocenters. The van der Waals surface area contributed by atoms with Gasteiger partial charge in [0.1, 0.15) is 5.69 Å². The molecule has 4 aliphatic heterocycles. The van der Waals surface area contributed by atoms with E-state index in [1.807, 2.05) is 149 Å². The predicted molar refractivity (Wildman–Crippen MR) is 477 cm³/mol. The number of imidazole rings is 3. The van der Waals surface area contributed by atoms with Crippen LogP contribution in [0.15, 0.2) is 353 Å². The fraction of sp³-hybridized carbons (Fsp3) is 0.0392. The standard InChI is InChI=1S/C12H6FN2.2C12H10N2.C11H6F2N.C11H7FN.3C11H7N2.C6H5NO2.C5H8O2.5Pt/c13-11-5-4-9(7-10(11)8-14)12-3-1-2-6-15-12;2*1-13-8-11-7-6-10-4-2-3-5-12(10)14(11)9-13;12-8-4-5-9(10(13)7-8)11-3-1-2-6-14-11;12-10-6-4-9(5-7-10)11-3-1-2-8-13-11;3*1-2-4-10-9(3-1)5-7-13-8-6-12-11(10)13;8-6(9)5-3-1-2-4-7-5;1-4(6)3-5(2)7;;;;;/h1-3,5-7H;2*2-4,6-9H,1H3;1-4,6-7H;1-4,6-8H;3*1-3,5-8H;1-4H,(H,8,9);3,6H,1-2H3;;;;;/q-1;2*-2;5*-1;;;5*+2. The maximum absolute atomic E-state index is 13.2. The first-order chi connectivity index (χ1) is 60.9. The van der Waals surface area contributed by atoms with Crippen LogP contribution >= 0.6 is 0 Å². The summed E-state index contributed by atoms with van der Waals surface area (Å²) in [4.78, 5) is 57.1. The number of para-hydroxylation sites is 2. The summed E-state index contributed by atoms with van der Waals surface area (Å²) in [5.74, 6) is -3.18. The van der Waals surface area contributed by atoms with E-state index < -0.39 is 23.4 Å². The molecule has 0 saturated heterocycles. The molecule has 28 heteroatoms. The van der Waals surface area contributed by atoms with E-state index in [4.69, 9.17) is 15.5 Å². The second-order valence-electron chi connectivity index (χ2n) is 27.2. The molecule has 0 fully saturated rings. The zero-order valence-electron chi connectivity index (χ0n) is 69.1. The summed E-state index contributed by atoms with van der Waals surface area (Å²) in [6, 6.07) is 91.9. The third-order valence-corrected chi connectivity index (χ3v) is 18.2. The summed E-state index contributed by atoms with van der Waals surface area (Å²) in [5.41, 5.74) is 13.6. The van der Waals surface area contributed by atoms with Gasteiger partial charge in [0.05, 0.1) is 34.6 Å². The second-order valence-corrected chi connectivity index (χ2v) is 27.2. The van der Waals surface area contributed by atoms with E-state index in [2.05, 4.69) is 202 Å². The van der Waals surface area contributed by atoms with E-state index in [0.29, 0.717) is 17.0 Å². The van der Waals surface area contributed by atoms with Gasteiger partial charge >= 0.3 is 111 Å².